The highest BCUT2D eigenvalue weighted by atomic mass is 35.5. The van der Waals surface area contributed by atoms with Crippen molar-refractivity contribution in [2.24, 2.45) is 5.92 Å². The largest absolute Gasteiger partial charge is 0.462 e. The van der Waals surface area contributed by atoms with E-state index in [0.717, 1.165) is 12.8 Å². The summed E-state index contributed by atoms with van der Waals surface area (Å²) in [6.45, 7) is 6.49. The van der Waals surface area contributed by atoms with Crippen molar-refractivity contribution in [3.8, 4) is 0 Å². The Bertz CT molecular complexity index is 497. The summed E-state index contributed by atoms with van der Waals surface area (Å²) in [6, 6.07) is 4.46. The number of hydrogen-bond acceptors (Lipinski definition) is 4. The molecule has 0 aliphatic heterocycles. The second-order valence-corrected chi connectivity index (χ2v) is 5.52. The summed E-state index contributed by atoms with van der Waals surface area (Å²) in [7, 11) is 0. The maximum Gasteiger partial charge on any atom is 0.339 e. The van der Waals surface area contributed by atoms with Crippen molar-refractivity contribution in [2.75, 3.05) is 13.2 Å². The van der Waals surface area contributed by atoms with Gasteiger partial charge in [0.15, 0.2) is 0 Å². The Kier molecular flexibility index (Phi) is 7.23. The molecule has 0 heterocycles. The highest BCUT2D eigenvalue weighted by Crippen LogP contribution is 2.18. The molecule has 0 aliphatic carbocycles. The lowest BCUT2D eigenvalue weighted by atomic mass is 10.1. The molecule has 116 valence electrons. The zero-order valence-corrected chi connectivity index (χ0v) is 13.4. The van der Waals surface area contributed by atoms with Gasteiger partial charge in [-0.2, -0.15) is 0 Å². The van der Waals surface area contributed by atoms with Gasteiger partial charge in [0.1, 0.15) is 0 Å². The second kappa shape index (κ2) is 8.67. The molecule has 0 radical (unpaired) electrons. The molecule has 1 rings (SSSR count). The van der Waals surface area contributed by atoms with Gasteiger partial charge in [-0.25, -0.2) is 9.59 Å². The van der Waals surface area contributed by atoms with Crippen LogP contribution in [0.15, 0.2) is 18.2 Å². The Morgan fingerprint density at radius 2 is 1.81 bits per heavy atom. The van der Waals surface area contributed by atoms with Gasteiger partial charge in [0.2, 0.25) is 0 Å². The lowest BCUT2D eigenvalue weighted by Crippen LogP contribution is -2.14. The van der Waals surface area contributed by atoms with Crippen LogP contribution in [0.2, 0.25) is 5.02 Å². The third kappa shape index (κ3) is 5.76. The fraction of sp³-hybridized carbons (Fsp3) is 0.500. The fourth-order valence-corrected chi connectivity index (χ4v) is 1.98. The van der Waals surface area contributed by atoms with E-state index >= 15 is 0 Å². The molecule has 4 nitrogen and oxygen atoms in total. The predicted octanol–water partition coefficient (Wildman–Crippen LogP) is 4.11. The van der Waals surface area contributed by atoms with Crippen molar-refractivity contribution in [1.29, 1.82) is 0 Å². The number of esters is 2. The van der Waals surface area contributed by atoms with Gasteiger partial charge in [-0.15, -0.1) is 0 Å². The van der Waals surface area contributed by atoms with Crippen LogP contribution in [0.5, 0.6) is 0 Å². The molecule has 1 aromatic carbocycles. The van der Waals surface area contributed by atoms with Gasteiger partial charge in [-0.05, 0) is 43.9 Å². The van der Waals surface area contributed by atoms with E-state index < -0.39 is 11.9 Å². The highest BCUT2D eigenvalue weighted by molar-refractivity contribution is 6.31. The number of halogens is 1. The van der Waals surface area contributed by atoms with Crippen molar-refractivity contribution in [1.82, 2.24) is 0 Å². The van der Waals surface area contributed by atoms with Crippen LogP contribution in [0.3, 0.4) is 0 Å². The summed E-state index contributed by atoms with van der Waals surface area (Å²) in [4.78, 5) is 23.9. The Hall–Kier alpha value is -1.55. The van der Waals surface area contributed by atoms with Gasteiger partial charge in [0, 0.05) is 5.02 Å². The van der Waals surface area contributed by atoms with Gasteiger partial charge in [0.05, 0.1) is 24.3 Å². The Morgan fingerprint density at radius 1 is 1.14 bits per heavy atom. The number of ether oxygens (including phenoxy) is 2. The number of benzene rings is 1. The molecule has 21 heavy (non-hydrogen) atoms. The summed E-state index contributed by atoms with van der Waals surface area (Å²) < 4.78 is 10.1. The lowest BCUT2D eigenvalue weighted by Gasteiger charge is -2.10. The van der Waals surface area contributed by atoms with E-state index in [1.54, 1.807) is 13.0 Å². The first-order valence-corrected chi connectivity index (χ1v) is 7.47. The lowest BCUT2D eigenvalue weighted by molar-refractivity contribution is 0.0461. The maximum absolute atomic E-state index is 12.1. The van der Waals surface area contributed by atoms with E-state index in [2.05, 4.69) is 13.8 Å². The van der Waals surface area contributed by atoms with E-state index in [9.17, 15) is 9.59 Å². The smallest absolute Gasteiger partial charge is 0.339 e. The fourth-order valence-electron chi connectivity index (χ4n) is 1.81. The van der Waals surface area contributed by atoms with Crippen LogP contribution < -0.4 is 0 Å². The molecule has 0 fully saturated rings. The molecule has 0 aliphatic rings. The van der Waals surface area contributed by atoms with Gasteiger partial charge < -0.3 is 9.47 Å². The molecular weight excluding hydrogens is 292 g/mol. The summed E-state index contributed by atoms with van der Waals surface area (Å²) in [5, 5.41) is 0.370. The molecule has 0 spiro atoms. The molecule has 0 N–H and O–H groups in total. The summed E-state index contributed by atoms with van der Waals surface area (Å²) in [5.74, 6) is -0.540. The quantitative estimate of drug-likeness (QED) is 0.561. The van der Waals surface area contributed by atoms with E-state index in [-0.39, 0.29) is 17.7 Å². The topological polar surface area (TPSA) is 52.6 Å². The first kappa shape index (κ1) is 17.5. The maximum atomic E-state index is 12.1. The van der Waals surface area contributed by atoms with Gasteiger partial charge in [0.25, 0.3) is 0 Å². The molecule has 0 atom stereocenters. The summed E-state index contributed by atoms with van der Waals surface area (Å²) >= 11 is 5.87. The molecule has 5 heteroatoms. The monoisotopic (exact) mass is 312 g/mol. The normalized spacial score (nSPS) is 10.5. The first-order chi connectivity index (χ1) is 9.95. The van der Waals surface area contributed by atoms with Crippen molar-refractivity contribution in [3.63, 3.8) is 0 Å². The summed E-state index contributed by atoms with van der Waals surface area (Å²) in [6.07, 6.45) is 1.78. The Balaban J connectivity index is 2.76. The van der Waals surface area contributed by atoms with Crippen LogP contribution in [-0.4, -0.2) is 25.2 Å². The number of carbonyl (C=O) groups is 2. The molecule has 0 saturated carbocycles. The minimum Gasteiger partial charge on any atom is -0.462 e. The average molecular weight is 313 g/mol. The van der Waals surface area contributed by atoms with Crippen molar-refractivity contribution in [2.45, 2.75) is 33.6 Å². The molecular formula is C16H21ClO4. The molecule has 0 unspecified atom stereocenters. The molecule has 0 saturated heterocycles. The second-order valence-electron chi connectivity index (χ2n) is 5.08. The zero-order chi connectivity index (χ0) is 15.8. The van der Waals surface area contributed by atoms with Crippen LogP contribution in [0.4, 0.5) is 0 Å². The number of carbonyl (C=O) groups excluding carboxylic acids is 2. The van der Waals surface area contributed by atoms with E-state index in [1.165, 1.54) is 12.1 Å². The average Bonchev–Trinajstić information content (AvgIpc) is 2.43. The van der Waals surface area contributed by atoms with Gasteiger partial charge >= 0.3 is 11.9 Å². The van der Waals surface area contributed by atoms with E-state index in [4.69, 9.17) is 21.1 Å². The van der Waals surface area contributed by atoms with E-state index in [0.29, 0.717) is 17.5 Å². The highest BCUT2D eigenvalue weighted by Gasteiger charge is 2.19. The molecule has 1 aromatic rings. The molecule has 0 bridgehead atoms. The number of rotatable bonds is 7. The van der Waals surface area contributed by atoms with Crippen molar-refractivity contribution < 1.29 is 19.1 Å². The summed E-state index contributed by atoms with van der Waals surface area (Å²) in [5.41, 5.74) is 0.320. The van der Waals surface area contributed by atoms with E-state index in [1.807, 2.05) is 0 Å². The Labute approximate surface area is 130 Å². The van der Waals surface area contributed by atoms with Crippen LogP contribution >= 0.6 is 11.6 Å². The first-order valence-electron chi connectivity index (χ1n) is 7.09. The van der Waals surface area contributed by atoms with Gasteiger partial charge in [-0.1, -0.05) is 25.4 Å². The van der Waals surface area contributed by atoms with Crippen LogP contribution in [0, 0.1) is 5.92 Å². The van der Waals surface area contributed by atoms with Crippen LogP contribution in [-0.2, 0) is 9.47 Å². The van der Waals surface area contributed by atoms with Gasteiger partial charge in [-0.3, -0.25) is 0 Å². The third-order valence-corrected chi connectivity index (χ3v) is 3.09. The van der Waals surface area contributed by atoms with Crippen LogP contribution in [0.1, 0.15) is 54.3 Å². The standard InChI is InChI=1S/C16H21ClO4/c1-4-20-16(19)14-10-12(17)7-8-13(14)15(18)21-9-5-6-11(2)3/h7-8,10-11H,4-6,9H2,1-3H3. The molecule has 0 aromatic heterocycles. The minimum absolute atomic E-state index is 0.137. The Morgan fingerprint density at radius 3 is 2.43 bits per heavy atom. The van der Waals surface area contributed by atoms with Crippen LogP contribution in [0.25, 0.3) is 0 Å². The number of hydrogen-bond donors (Lipinski definition) is 0. The van der Waals surface area contributed by atoms with Crippen molar-refractivity contribution >= 4 is 23.5 Å². The molecule has 0 amide bonds. The minimum atomic E-state index is -0.575. The van der Waals surface area contributed by atoms with Crippen molar-refractivity contribution in [3.05, 3.63) is 34.3 Å². The third-order valence-electron chi connectivity index (χ3n) is 2.86. The predicted molar refractivity (Wildman–Crippen MR) is 81.8 cm³/mol. The zero-order valence-electron chi connectivity index (χ0n) is 12.6. The SMILES string of the molecule is CCOC(=O)c1cc(Cl)ccc1C(=O)OCCCC(C)C.